The Kier molecular flexibility index (Phi) is 4.43. The first-order valence-corrected chi connectivity index (χ1v) is 10.8. The average molecular weight is 391 g/mol. The van der Waals surface area contributed by atoms with E-state index in [2.05, 4.69) is 14.7 Å². The lowest BCUT2D eigenvalue weighted by Crippen LogP contribution is -2.47. The molecule has 8 heteroatoms. The van der Waals surface area contributed by atoms with Crippen molar-refractivity contribution in [3.8, 4) is 5.75 Å². The summed E-state index contributed by atoms with van der Waals surface area (Å²) in [4.78, 5) is 2.42. The lowest BCUT2D eigenvalue weighted by atomic mass is 10.0. The average Bonchev–Trinajstić information content (AvgIpc) is 3.15. The van der Waals surface area contributed by atoms with E-state index in [0.29, 0.717) is 18.7 Å². The summed E-state index contributed by atoms with van der Waals surface area (Å²) in [5, 5.41) is 4.21. The van der Waals surface area contributed by atoms with Crippen molar-refractivity contribution in [2.45, 2.75) is 49.6 Å². The number of benzene rings is 1. The van der Waals surface area contributed by atoms with Crippen molar-refractivity contribution < 1.29 is 13.2 Å². The molecule has 1 aromatic heterocycles. The zero-order chi connectivity index (χ0) is 19.2. The summed E-state index contributed by atoms with van der Waals surface area (Å²) in [6, 6.07) is 5.22. The molecule has 0 bridgehead atoms. The fourth-order valence-electron chi connectivity index (χ4n) is 3.96. The van der Waals surface area contributed by atoms with Crippen LogP contribution in [0.1, 0.15) is 32.3 Å². The quantitative estimate of drug-likeness (QED) is 0.865. The molecule has 1 atom stereocenters. The topological polar surface area (TPSA) is 76.5 Å². The minimum Gasteiger partial charge on any atom is -0.486 e. The van der Waals surface area contributed by atoms with Crippen LogP contribution in [0.15, 0.2) is 35.5 Å². The highest BCUT2D eigenvalue weighted by atomic mass is 32.2. The number of aromatic nitrogens is 2. The molecule has 27 heavy (non-hydrogen) atoms. The van der Waals surface area contributed by atoms with Crippen LogP contribution in [0, 0.1) is 0 Å². The maximum Gasteiger partial charge on any atom is 0.244 e. The van der Waals surface area contributed by atoms with Crippen LogP contribution in [0.5, 0.6) is 5.75 Å². The molecule has 1 saturated heterocycles. The number of piperidine rings is 1. The van der Waals surface area contributed by atoms with Crippen LogP contribution in [0.25, 0.3) is 0 Å². The summed E-state index contributed by atoms with van der Waals surface area (Å²) in [7, 11) is -1.78. The Bertz CT molecular complexity index is 952. The van der Waals surface area contributed by atoms with Gasteiger partial charge in [0.05, 0.1) is 11.9 Å². The minimum absolute atomic E-state index is 0.144. The predicted octanol–water partition coefficient (Wildman–Crippen LogP) is 2.08. The van der Waals surface area contributed by atoms with Gasteiger partial charge in [0.15, 0.2) is 0 Å². The number of nitrogens with one attached hydrogen (secondary N) is 1. The van der Waals surface area contributed by atoms with Crippen LogP contribution in [-0.2, 0) is 23.5 Å². The van der Waals surface area contributed by atoms with Gasteiger partial charge in [0.2, 0.25) is 10.0 Å². The van der Waals surface area contributed by atoms with Gasteiger partial charge in [-0.2, -0.15) is 5.10 Å². The van der Waals surface area contributed by atoms with Crippen LogP contribution in [0.4, 0.5) is 5.69 Å². The standard InChI is InChI=1S/C19H26N4O3S/c1-19(2)10-14-6-4-8-17(18(14)26-19)27(24,25)21-15-7-5-9-23(12-15)16-11-20-22(3)13-16/h4,6,8,11,13,15,21H,5,7,9-10,12H2,1-3H3/t15-/m1/s1. The van der Waals surface area contributed by atoms with Gasteiger partial charge >= 0.3 is 0 Å². The highest BCUT2D eigenvalue weighted by Gasteiger charge is 2.36. The summed E-state index contributed by atoms with van der Waals surface area (Å²) in [6.07, 6.45) is 6.23. The van der Waals surface area contributed by atoms with Gasteiger partial charge in [0.25, 0.3) is 0 Å². The third-order valence-electron chi connectivity index (χ3n) is 5.14. The van der Waals surface area contributed by atoms with Gasteiger partial charge in [-0.1, -0.05) is 12.1 Å². The van der Waals surface area contributed by atoms with E-state index in [1.165, 1.54) is 0 Å². The lowest BCUT2D eigenvalue weighted by Gasteiger charge is -2.33. The number of nitrogens with zero attached hydrogens (tertiary/aromatic N) is 3. The molecule has 0 spiro atoms. The van der Waals surface area contributed by atoms with Gasteiger partial charge in [-0.25, -0.2) is 13.1 Å². The van der Waals surface area contributed by atoms with Crippen molar-refractivity contribution in [1.82, 2.24) is 14.5 Å². The molecule has 0 aliphatic carbocycles. The van der Waals surface area contributed by atoms with E-state index in [1.54, 1.807) is 16.8 Å². The van der Waals surface area contributed by atoms with Crippen LogP contribution in [-0.4, -0.2) is 42.9 Å². The van der Waals surface area contributed by atoms with E-state index in [1.807, 2.05) is 39.4 Å². The van der Waals surface area contributed by atoms with E-state index in [0.717, 1.165) is 30.6 Å². The summed E-state index contributed by atoms with van der Waals surface area (Å²) in [6.45, 7) is 5.49. The second-order valence-electron chi connectivity index (χ2n) is 8.06. The Morgan fingerprint density at radius 3 is 2.89 bits per heavy atom. The van der Waals surface area contributed by atoms with Crippen LogP contribution in [0.2, 0.25) is 0 Å². The molecule has 0 saturated carbocycles. The number of fused-ring (bicyclic) bond motifs is 1. The Morgan fingerprint density at radius 2 is 2.15 bits per heavy atom. The molecule has 0 unspecified atom stereocenters. The molecular weight excluding hydrogens is 364 g/mol. The largest absolute Gasteiger partial charge is 0.486 e. The zero-order valence-electron chi connectivity index (χ0n) is 16.0. The van der Waals surface area contributed by atoms with E-state index in [9.17, 15) is 8.42 Å². The van der Waals surface area contributed by atoms with Crippen molar-refractivity contribution in [1.29, 1.82) is 0 Å². The number of hydrogen-bond donors (Lipinski definition) is 1. The smallest absolute Gasteiger partial charge is 0.244 e. The second-order valence-corrected chi connectivity index (χ2v) is 9.74. The van der Waals surface area contributed by atoms with Gasteiger partial charge in [-0.05, 0) is 38.3 Å². The SMILES string of the molecule is Cn1cc(N2CCC[C@@H](NS(=O)(=O)c3cccc4c3OC(C)(C)C4)C2)cn1. The molecule has 2 aliphatic rings. The molecule has 1 aromatic carbocycles. The number of para-hydroxylation sites is 1. The Labute approximate surface area is 160 Å². The number of aryl methyl sites for hydroxylation is 1. The molecular formula is C19H26N4O3S. The maximum atomic E-state index is 13.1. The van der Waals surface area contributed by atoms with E-state index >= 15 is 0 Å². The minimum atomic E-state index is -3.66. The molecule has 7 nitrogen and oxygen atoms in total. The van der Waals surface area contributed by atoms with Crippen molar-refractivity contribution in [3.63, 3.8) is 0 Å². The Hall–Kier alpha value is -2.06. The fraction of sp³-hybridized carbons (Fsp3) is 0.526. The first kappa shape index (κ1) is 18.3. The highest BCUT2D eigenvalue weighted by molar-refractivity contribution is 7.89. The van der Waals surface area contributed by atoms with Gasteiger partial charge in [-0.15, -0.1) is 0 Å². The van der Waals surface area contributed by atoms with Gasteiger partial charge < -0.3 is 9.64 Å². The van der Waals surface area contributed by atoms with Gasteiger partial charge in [0.1, 0.15) is 16.2 Å². The van der Waals surface area contributed by atoms with Crippen molar-refractivity contribution >= 4 is 15.7 Å². The number of ether oxygens (including phenoxy) is 1. The summed E-state index contributed by atoms with van der Waals surface area (Å²) >= 11 is 0. The first-order chi connectivity index (χ1) is 12.7. The van der Waals surface area contributed by atoms with E-state index in [-0.39, 0.29) is 16.5 Å². The Morgan fingerprint density at radius 1 is 1.33 bits per heavy atom. The van der Waals surface area contributed by atoms with Crippen LogP contribution < -0.4 is 14.4 Å². The molecule has 2 aromatic rings. The molecule has 2 aliphatic heterocycles. The summed E-state index contributed by atoms with van der Waals surface area (Å²) < 4.78 is 36.8. The molecule has 4 rings (SSSR count). The molecule has 3 heterocycles. The highest BCUT2D eigenvalue weighted by Crippen LogP contribution is 2.39. The van der Waals surface area contributed by atoms with E-state index in [4.69, 9.17) is 4.74 Å². The van der Waals surface area contributed by atoms with Crippen LogP contribution in [0.3, 0.4) is 0 Å². The number of anilines is 1. The summed E-state index contributed by atoms with van der Waals surface area (Å²) in [5.41, 5.74) is 1.59. The molecule has 1 N–H and O–H groups in total. The third kappa shape index (κ3) is 3.68. The molecule has 146 valence electrons. The molecule has 1 fully saturated rings. The number of rotatable bonds is 4. The van der Waals surface area contributed by atoms with Crippen molar-refractivity contribution in [2.75, 3.05) is 18.0 Å². The maximum absolute atomic E-state index is 13.1. The van der Waals surface area contributed by atoms with Crippen molar-refractivity contribution in [2.24, 2.45) is 7.05 Å². The molecule has 0 radical (unpaired) electrons. The fourth-order valence-corrected chi connectivity index (χ4v) is 5.39. The van der Waals surface area contributed by atoms with Crippen molar-refractivity contribution in [3.05, 3.63) is 36.2 Å². The number of sulfonamides is 1. The predicted molar refractivity (Wildman–Crippen MR) is 104 cm³/mol. The monoisotopic (exact) mass is 390 g/mol. The first-order valence-electron chi connectivity index (χ1n) is 9.30. The summed E-state index contributed by atoms with van der Waals surface area (Å²) in [5.74, 6) is 0.495. The zero-order valence-corrected chi connectivity index (χ0v) is 16.8. The normalized spacial score (nSPS) is 21.7. The second kappa shape index (κ2) is 6.53. The third-order valence-corrected chi connectivity index (χ3v) is 6.69. The van der Waals surface area contributed by atoms with Gasteiger partial charge in [-0.3, -0.25) is 4.68 Å². The van der Waals surface area contributed by atoms with E-state index < -0.39 is 10.0 Å². The number of hydrogen-bond acceptors (Lipinski definition) is 5. The van der Waals surface area contributed by atoms with Crippen LogP contribution >= 0.6 is 0 Å². The molecule has 0 amide bonds. The Balaban J connectivity index is 1.54. The van der Waals surface area contributed by atoms with Gasteiger partial charge in [0, 0.05) is 38.8 Å². The lowest BCUT2D eigenvalue weighted by molar-refractivity contribution is 0.135.